The second kappa shape index (κ2) is 5.84. The minimum Gasteiger partial charge on any atom is -0.389 e. The van der Waals surface area contributed by atoms with Gasteiger partial charge in [-0.2, -0.15) is 0 Å². The Morgan fingerprint density at radius 3 is 2.76 bits per heavy atom. The summed E-state index contributed by atoms with van der Waals surface area (Å²) in [6.45, 7) is 2.49. The average Bonchev–Trinajstić information content (AvgIpc) is 2.30. The van der Waals surface area contributed by atoms with Crippen molar-refractivity contribution in [3.63, 3.8) is 0 Å². The Bertz CT molecular complexity index is 450. The number of amides is 2. The SMILES string of the molecule is CCN(C)C(=O)Nc1cc(C(N)=S)ccc1Cl. The van der Waals surface area contributed by atoms with E-state index in [0.29, 0.717) is 22.8 Å². The number of urea groups is 1. The summed E-state index contributed by atoms with van der Waals surface area (Å²) < 4.78 is 0. The van der Waals surface area contributed by atoms with Gasteiger partial charge in [0.25, 0.3) is 0 Å². The maximum absolute atomic E-state index is 11.7. The summed E-state index contributed by atoms with van der Waals surface area (Å²) in [6.07, 6.45) is 0. The lowest BCUT2D eigenvalue weighted by Gasteiger charge is -2.16. The Balaban J connectivity index is 2.94. The Kier molecular flexibility index (Phi) is 4.72. The van der Waals surface area contributed by atoms with Crippen molar-refractivity contribution in [2.24, 2.45) is 5.73 Å². The molecule has 0 fully saturated rings. The summed E-state index contributed by atoms with van der Waals surface area (Å²) in [7, 11) is 1.70. The average molecular weight is 272 g/mol. The smallest absolute Gasteiger partial charge is 0.321 e. The molecular formula is C11H14ClN3OS. The van der Waals surface area contributed by atoms with E-state index >= 15 is 0 Å². The molecule has 3 N–H and O–H groups in total. The minimum absolute atomic E-state index is 0.227. The molecule has 0 saturated carbocycles. The zero-order chi connectivity index (χ0) is 13.0. The van der Waals surface area contributed by atoms with Crippen LogP contribution in [0, 0.1) is 0 Å². The van der Waals surface area contributed by atoms with Gasteiger partial charge in [-0.15, -0.1) is 0 Å². The van der Waals surface area contributed by atoms with Gasteiger partial charge in [-0.25, -0.2) is 4.79 Å². The molecular weight excluding hydrogens is 258 g/mol. The number of carbonyl (C=O) groups is 1. The standard InChI is InChI=1S/C11H14ClN3OS/c1-3-15(2)11(16)14-9-6-7(10(13)17)4-5-8(9)12/h4-6H,3H2,1-2H3,(H2,13,17)(H,14,16). The van der Waals surface area contributed by atoms with Gasteiger partial charge in [-0.05, 0) is 19.1 Å². The summed E-state index contributed by atoms with van der Waals surface area (Å²) in [6, 6.07) is 4.79. The number of hydrogen-bond donors (Lipinski definition) is 2. The van der Waals surface area contributed by atoms with Gasteiger partial charge < -0.3 is 16.0 Å². The van der Waals surface area contributed by atoms with E-state index in [-0.39, 0.29) is 11.0 Å². The fraction of sp³-hybridized carbons (Fsp3) is 0.273. The van der Waals surface area contributed by atoms with Gasteiger partial charge in [0.05, 0.1) is 10.7 Å². The first-order valence-corrected chi connectivity index (χ1v) is 5.85. The molecule has 0 aliphatic rings. The third-order valence-electron chi connectivity index (χ3n) is 2.31. The van der Waals surface area contributed by atoms with E-state index in [1.807, 2.05) is 6.92 Å². The number of anilines is 1. The summed E-state index contributed by atoms with van der Waals surface area (Å²) in [5.74, 6) is 0. The number of rotatable bonds is 3. The number of thiocarbonyl (C=S) groups is 1. The van der Waals surface area contributed by atoms with E-state index in [0.717, 1.165) is 0 Å². The Hall–Kier alpha value is -1.33. The van der Waals surface area contributed by atoms with E-state index in [1.165, 1.54) is 4.90 Å². The molecule has 2 amide bonds. The monoisotopic (exact) mass is 271 g/mol. The summed E-state index contributed by atoms with van der Waals surface area (Å²) in [5.41, 5.74) is 6.68. The lowest BCUT2D eigenvalue weighted by Crippen LogP contribution is -2.31. The Labute approximate surface area is 111 Å². The zero-order valence-electron chi connectivity index (χ0n) is 9.66. The van der Waals surface area contributed by atoms with Crippen molar-refractivity contribution in [2.75, 3.05) is 18.9 Å². The molecule has 4 nitrogen and oxygen atoms in total. The summed E-state index contributed by atoms with van der Waals surface area (Å²) in [5, 5.41) is 3.14. The van der Waals surface area contributed by atoms with Crippen molar-refractivity contribution >= 4 is 40.5 Å². The minimum atomic E-state index is -0.227. The highest BCUT2D eigenvalue weighted by Crippen LogP contribution is 2.23. The van der Waals surface area contributed by atoms with Crippen molar-refractivity contribution < 1.29 is 4.79 Å². The summed E-state index contributed by atoms with van der Waals surface area (Å²) >= 11 is 10.8. The van der Waals surface area contributed by atoms with Crippen LogP contribution in [-0.4, -0.2) is 29.5 Å². The molecule has 0 atom stereocenters. The fourth-order valence-corrected chi connectivity index (χ4v) is 1.42. The number of nitrogens with one attached hydrogen (secondary N) is 1. The maximum Gasteiger partial charge on any atom is 0.321 e. The lowest BCUT2D eigenvalue weighted by atomic mass is 10.2. The van der Waals surface area contributed by atoms with E-state index < -0.39 is 0 Å². The number of nitrogens with two attached hydrogens (primary N) is 1. The first kappa shape index (κ1) is 13.7. The molecule has 0 spiro atoms. The van der Waals surface area contributed by atoms with Gasteiger partial charge in [0.15, 0.2) is 0 Å². The van der Waals surface area contributed by atoms with Crippen LogP contribution in [0.5, 0.6) is 0 Å². The van der Waals surface area contributed by atoms with E-state index in [4.69, 9.17) is 29.6 Å². The number of hydrogen-bond acceptors (Lipinski definition) is 2. The maximum atomic E-state index is 11.7. The summed E-state index contributed by atoms with van der Waals surface area (Å²) in [4.78, 5) is 13.5. The van der Waals surface area contributed by atoms with Crippen molar-refractivity contribution in [1.29, 1.82) is 0 Å². The highest BCUT2D eigenvalue weighted by Gasteiger charge is 2.10. The first-order valence-electron chi connectivity index (χ1n) is 5.07. The number of carbonyl (C=O) groups excluding carboxylic acids is 1. The molecule has 0 heterocycles. The molecule has 0 unspecified atom stereocenters. The van der Waals surface area contributed by atoms with Gasteiger partial charge in [0.2, 0.25) is 0 Å². The number of nitrogens with zero attached hydrogens (tertiary/aromatic N) is 1. The molecule has 1 aromatic rings. The molecule has 6 heteroatoms. The Morgan fingerprint density at radius 2 is 2.24 bits per heavy atom. The van der Waals surface area contributed by atoms with Crippen LogP contribution in [0.15, 0.2) is 18.2 Å². The second-order valence-electron chi connectivity index (χ2n) is 3.50. The normalized spacial score (nSPS) is 9.82. The number of halogens is 1. The van der Waals surface area contributed by atoms with Crippen molar-refractivity contribution in [1.82, 2.24) is 4.90 Å². The Morgan fingerprint density at radius 1 is 1.59 bits per heavy atom. The first-order chi connectivity index (χ1) is 7.95. The molecule has 0 bridgehead atoms. The van der Waals surface area contributed by atoms with E-state index in [9.17, 15) is 4.79 Å². The second-order valence-corrected chi connectivity index (χ2v) is 4.35. The van der Waals surface area contributed by atoms with Crippen LogP contribution in [0.3, 0.4) is 0 Å². The third kappa shape index (κ3) is 3.57. The van der Waals surface area contributed by atoms with Crippen LogP contribution < -0.4 is 11.1 Å². The van der Waals surface area contributed by atoms with Gasteiger partial charge in [0, 0.05) is 19.2 Å². The molecule has 0 aromatic heterocycles. The molecule has 0 aliphatic heterocycles. The van der Waals surface area contributed by atoms with Crippen LogP contribution in [0.4, 0.5) is 10.5 Å². The van der Waals surface area contributed by atoms with Crippen LogP contribution in [0.2, 0.25) is 5.02 Å². The zero-order valence-corrected chi connectivity index (χ0v) is 11.2. The highest BCUT2D eigenvalue weighted by atomic mass is 35.5. The molecule has 0 aliphatic carbocycles. The molecule has 1 aromatic carbocycles. The topological polar surface area (TPSA) is 58.4 Å². The van der Waals surface area contributed by atoms with Gasteiger partial charge >= 0.3 is 6.03 Å². The molecule has 92 valence electrons. The van der Waals surface area contributed by atoms with Crippen molar-refractivity contribution in [2.45, 2.75) is 6.92 Å². The lowest BCUT2D eigenvalue weighted by molar-refractivity contribution is 0.224. The van der Waals surface area contributed by atoms with Crippen molar-refractivity contribution in [3.05, 3.63) is 28.8 Å². The predicted octanol–water partition coefficient (Wildman–Crippen LogP) is 2.46. The molecule has 0 saturated heterocycles. The van der Waals surface area contributed by atoms with E-state index in [2.05, 4.69) is 5.32 Å². The van der Waals surface area contributed by atoms with E-state index in [1.54, 1.807) is 25.2 Å². The largest absolute Gasteiger partial charge is 0.389 e. The van der Waals surface area contributed by atoms with Gasteiger partial charge in [0.1, 0.15) is 4.99 Å². The third-order valence-corrected chi connectivity index (χ3v) is 2.88. The molecule has 17 heavy (non-hydrogen) atoms. The quantitative estimate of drug-likeness (QED) is 0.831. The van der Waals surface area contributed by atoms with Crippen LogP contribution in [-0.2, 0) is 0 Å². The fourth-order valence-electron chi connectivity index (χ4n) is 1.13. The van der Waals surface area contributed by atoms with Crippen molar-refractivity contribution in [3.8, 4) is 0 Å². The highest BCUT2D eigenvalue weighted by molar-refractivity contribution is 7.80. The van der Waals surface area contributed by atoms with Gasteiger partial charge in [-0.1, -0.05) is 29.9 Å². The van der Waals surface area contributed by atoms with Gasteiger partial charge in [-0.3, -0.25) is 0 Å². The van der Waals surface area contributed by atoms with Crippen LogP contribution in [0.25, 0.3) is 0 Å². The van der Waals surface area contributed by atoms with Crippen LogP contribution in [0.1, 0.15) is 12.5 Å². The number of benzene rings is 1. The molecule has 0 radical (unpaired) electrons. The molecule has 1 rings (SSSR count). The van der Waals surface area contributed by atoms with Crippen LogP contribution >= 0.6 is 23.8 Å². The predicted molar refractivity (Wildman–Crippen MR) is 74.7 cm³/mol.